The fourth-order valence-electron chi connectivity index (χ4n) is 2.47. The molecule has 0 radical (unpaired) electrons. The number of carbonyl (C=O) groups is 1. The molecule has 1 aromatic rings. The number of ketones is 1. The predicted molar refractivity (Wildman–Crippen MR) is 78.7 cm³/mol. The predicted octanol–water partition coefficient (Wildman–Crippen LogP) is 4.41. The molecule has 1 aromatic carbocycles. The van der Waals surface area contributed by atoms with E-state index in [0.29, 0.717) is 5.56 Å². The summed E-state index contributed by atoms with van der Waals surface area (Å²) in [6, 6.07) is 4.53. The summed E-state index contributed by atoms with van der Waals surface area (Å²) in [6.07, 6.45) is 8.47. The molecule has 0 spiro atoms. The molecule has 2 rings (SSSR count). The summed E-state index contributed by atoms with van der Waals surface area (Å²) in [5.41, 5.74) is 0.476. The van der Waals surface area contributed by atoms with Crippen molar-refractivity contribution in [3.05, 3.63) is 45.0 Å². The van der Waals surface area contributed by atoms with E-state index >= 15 is 0 Å². The zero-order valence-electron chi connectivity index (χ0n) is 11.0. The Hall–Kier alpha value is -1.68. The summed E-state index contributed by atoms with van der Waals surface area (Å²) < 4.78 is 0. The van der Waals surface area contributed by atoms with Crippen molar-refractivity contribution in [1.82, 2.24) is 0 Å². The lowest BCUT2D eigenvalue weighted by Gasteiger charge is -2.18. The number of allylic oxidation sites excluding steroid dienone is 1. The molecule has 0 aromatic heterocycles. The van der Waals surface area contributed by atoms with E-state index in [1.54, 1.807) is 12.1 Å². The van der Waals surface area contributed by atoms with Crippen LogP contribution in [0.1, 0.15) is 37.7 Å². The second-order valence-electron chi connectivity index (χ2n) is 5.04. The van der Waals surface area contributed by atoms with Gasteiger partial charge in [-0.1, -0.05) is 43.0 Å². The highest BCUT2D eigenvalue weighted by Crippen LogP contribution is 2.27. The molecule has 0 saturated heterocycles. The Bertz CT molecular complexity index is 548. The molecule has 0 aliphatic heterocycles. The molecule has 1 aliphatic carbocycles. The summed E-state index contributed by atoms with van der Waals surface area (Å²) in [5, 5.41) is 10.9. The topological polar surface area (TPSA) is 60.2 Å². The second-order valence-corrected chi connectivity index (χ2v) is 5.45. The van der Waals surface area contributed by atoms with Crippen molar-refractivity contribution in [2.75, 3.05) is 0 Å². The molecule has 0 heterocycles. The van der Waals surface area contributed by atoms with Crippen molar-refractivity contribution >= 4 is 29.1 Å². The van der Waals surface area contributed by atoms with Crippen LogP contribution in [0.25, 0.3) is 6.08 Å². The molecule has 1 aliphatic rings. The van der Waals surface area contributed by atoms with Crippen molar-refractivity contribution in [3.8, 4) is 0 Å². The number of rotatable bonds is 4. The molecule has 5 heteroatoms. The molecule has 20 heavy (non-hydrogen) atoms. The van der Waals surface area contributed by atoms with E-state index in [1.807, 2.05) is 0 Å². The number of nitro benzene ring substituents is 1. The zero-order chi connectivity index (χ0) is 14.5. The lowest BCUT2D eigenvalue weighted by atomic mass is 9.86. The van der Waals surface area contributed by atoms with Gasteiger partial charge in [0.05, 0.1) is 4.92 Å². The smallest absolute Gasteiger partial charge is 0.288 e. The molecule has 1 saturated carbocycles. The summed E-state index contributed by atoms with van der Waals surface area (Å²) >= 11 is 5.74. The van der Waals surface area contributed by atoms with Crippen LogP contribution in [0.3, 0.4) is 0 Å². The minimum absolute atomic E-state index is 0.103. The lowest BCUT2D eigenvalue weighted by Crippen LogP contribution is -2.15. The fraction of sp³-hybridized carbons (Fsp3) is 0.400. The Labute approximate surface area is 122 Å². The minimum Gasteiger partial charge on any atom is -0.295 e. The molecule has 0 N–H and O–H groups in total. The molecule has 106 valence electrons. The number of carbonyl (C=O) groups excluding carboxylic acids is 1. The van der Waals surface area contributed by atoms with Crippen LogP contribution in [0.2, 0.25) is 5.02 Å². The van der Waals surface area contributed by atoms with Gasteiger partial charge in [0.15, 0.2) is 5.78 Å². The fourth-order valence-corrected chi connectivity index (χ4v) is 2.66. The van der Waals surface area contributed by atoms with E-state index in [9.17, 15) is 14.9 Å². The van der Waals surface area contributed by atoms with Gasteiger partial charge in [-0.15, -0.1) is 0 Å². The minimum atomic E-state index is -0.525. The molecule has 0 amide bonds. The van der Waals surface area contributed by atoms with Crippen molar-refractivity contribution in [3.63, 3.8) is 0 Å². The van der Waals surface area contributed by atoms with Gasteiger partial charge in [0.25, 0.3) is 5.69 Å². The summed E-state index contributed by atoms with van der Waals surface area (Å²) in [5.74, 6) is 0.226. The largest absolute Gasteiger partial charge is 0.295 e. The molecule has 4 nitrogen and oxygen atoms in total. The van der Waals surface area contributed by atoms with E-state index in [2.05, 4.69) is 0 Å². The molecule has 0 bridgehead atoms. The Balaban J connectivity index is 2.09. The molecule has 1 fully saturated rings. The van der Waals surface area contributed by atoms with Crippen LogP contribution in [0.4, 0.5) is 5.69 Å². The lowest BCUT2D eigenvalue weighted by molar-refractivity contribution is -0.384. The van der Waals surface area contributed by atoms with Gasteiger partial charge in [-0.2, -0.15) is 0 Å². The van der Waals surface area contributed by atoms with Gasteiger partial charge in [-0.25, -0.2) is 0 Å². The first-order chi connectivity index (χ1) is 9.58. The van der Waals surface area contributed by atoms with Crippen LogP contribution in [-0.2, 0) is 4.79 Å². The summed E-state index contributed by atoms with van der Waals surface area (Å²) in [7, 11) is 0. The van der Waals surface area contributed by atoms with E-state index < -0.39 is 4.92 Å². The van der Waals surface area contributed by atoms with E-state index in [-0.39, 0.29) is 22.4 Å². The van der Waals surface area contributed by atoms with Crippen molar-refractivity contribution in [2.24, 2.45) is 5.92 Å². The number of hydrogen-bond acceptors (Lipinski definition) is 3. The standard InChI is InChI=1S/C15H16ClNO3/c16-13-8-6-11(10-14(13)17(19)20)7-9-15(18)12-4-2-1-3-5-12/h6-10,12H,1-5H2/b9-7+. The van der Waals surface area contributed by atoms with Gasteiger partial charge in [-0.3, -0.25) is 14.9 Å². The van der Waals surface area contributed by atoms with Gasteiger partial charge in [0, 0.05) is 12.0 Å². The van der Waals surface area contributed by atoms with E-state index in [4.69, 9.17) is 11.6 Å². The average molecular weight is 294 g/mol. The van der Waals surface area contributed by atoms with Crippen molar-refractivity contribution in [1.29, 1.82) is 0 Å². The average Bonchev–Trinajstić information content (AvgIpc) is 2.46. The Morgan fingerprint density at radius 3 is 2.65 bits per heavy atom. The SMILES string of the molecule is O=C(/C=C/c1ccc(Cl)c([N+](=O)[O-])c1)C1CCCCC1. The highest BCUT2D eigenvalue weighted by atomic mass is 35.5. The first kappa shape index (κ1) is 14.7. The van der Waals surface area contributed by atoms with Crippen LogP contribution < -0.4 is 0 Å². The van der Waals surface area contributed by atoms with Gasteiger partial charge in [-0.05, 0) is 30.5 Å². The highest BCUT2D eigenvalue weighted by Gasteiger charge is 2.19. The highest BCUT2D eigenvalue weighted by molar-refractivity contribution is 6.32. The second kappa shape index (κ2) is 6.66. The number of benzene rings is 1. The van der Waals surface area contributed by atoms with Crippen LogP contribution in [0, 0.1) is 16.0 Å². The van der Waals surface area contributed by atoms with Crippen LogP contribution in [0.15, 0.2) is 24.3 Å². The number of hydrogen-bond donors (Lipinski definition) is 0. The van der Waals surface area contributed by atoms with Gasteiger partial charge < -0.3 is 0 Å². The number of nitro groups is 1. The third-order valence-electron chi connectivity index (χ3n) is 3.61. The number of nitrogens with zero attached hydrogens (tertiary/aromatic N) is 1. The quantitative estimate of drug-likeness (QED) is 0.469. The zero-order valence-corrected chi connectivity index (χ0v) is 11.8. The first-order valence-electron chi connectivity index (χ1n) is 6.74. The van der Waals surface area contributed by atoms with Crippen molar-refractivity contribution < 1.29 is 9.72 Å². The molecule has 0 unspecified atom stereocenters. The van der Waals surface area contributed by atoms with E-state index in [0.717, 1.165) is 25.7 Å². The van der Waals surface area contributed by atoms with Crippen molar-refractivity contribution in [2.45, 2.75) is 32.1 Å². The van der Waals surface area contributed by atoms with Gasteiger partial charge in [0.2, 0.25) is 0 Å². The third kappa shape index (κ3) is 3.67. The Morgan fingerprint density at radius 2 is 2.00 bits per heavy atom. The summed E-state index contributed by atoms with van der Waals surface area (Å²) in [6.45, 7) is 0. The Morgan fingerprint density at radius 1 is 1.30 bits per heavy atom. The van der Waals surface area contributed by atoms with Gasteiger partial charge >= 0.3 is 0 Å². The monoisotopic (exact) mass is 293 g/mol. The van der Waals surface area contributed by atoms with Crippen LogP contribution >= 0.6 is 11.6 Å². The van der Waals surface area contributed by atoms with Gasteiger partial charge in [0.1, 0.15) is 5.02 Å². The maximum atomic E-state index is 12.0. The third-order valence-corrected chi connectivity index (χ3v) is 3.93. The molecular weight excluding hydrogens is 278 g/mol. The molecule has 0 atom stereocenters. The number of halogens is 1. The van der Waals surface area contributed by atoms with E-state index in [1.165, 1.54) is 24.6 Å². The maximum Gasteiger partial charge on any atom is 0.288 e. The summed E-state index contributed by atoms with van der Waals surface area (Å²) in [4.78, 5) is 22.3. The molecular formula is C15H16ClNO3. The Kier molecular flexibility index (Phi) is 4.90. The van der Waals surface area contributed by atoms with Crippen LogP contribution in [-0.4, -0.2) is 10.7 Å². The van der Waals surface area contributed by atoms with Crippen LogP contribution in [0.5, 0.6) is 0 Å². The normalized spacial score (nSPS) is 16.4. The first-order valence-corrected chi connectivity index (χ1v) is 7.11. The maximum absolute atomic E-state index is 12.0.